The first-order valence-electron chi connectivity index (χ1n) is 7.73. The van der Waals surface area contributed by atoms with Crippen LogP contribution in [0.3, 0.4) is 0 Å². The molecular weight excluding hydrogens is 373 g/mol. The van der Waals surface area contributed by atoms with Crippen molar-refractivity contribution in [3.8, 4) is 22.6 Å². The molecule has 0 bridgehead atoms. The molecule has 0 saturated carbocycles. The molecule has 128 valence electrons. The first-order valence-corrected chi connectivity index (χ1v) is 8.49. The van der Waals surface area contributed by atoms with Crippen LogP contribution in [0, 0.1) is 0 Å². The Bertz CT molecular complexity index is 1060. The highest BCUT2D eigenvalue weighted by atomic mass is 35.5. The van der Waals surface area contributed by atoms with E-state index in [0.717, 1.165) is 5.56 Å². The number of furan rings is 1. The Balaban J connectivity index is 1.62. The van der Waals surface area contributed by atoms with Crippen LogP contribution >= 0.6 is 23.2 Å². The minimum Gasteiger partial charge on any atom is -0.453 e. The van der Waals surface area contributed by atoms with Crippen LogP contribution in [0.5, 0.6) is 0 Å². The fourth-order valence-electron chi connectivity index (χ4n) is 2.56. The molecule has 0 spiro atoms. The Morgan fingerprint density at radius 1 is 0.808 bits per heavy atom. The van der Waals surface area contributed by atoms with Gasteiger partial charge in [0.15, 0.2) is 17.2 Å². The van der Waals surface area contributed by atoms with Gasteiger partial charge in [0.2, 0.25) is 5.78 Å². The molecule has 0 radical (unpaired) electrons. The molecule has 0 fully saturated rings. The molecule has 0 aliphatic carbocycles. The third kappa shape index (κ3) is 3.29. The van der Waals surface area contributed by atoms with Crippen molar-refractivity contribution in [1.29, 1.82) is 0 Å². The highest BCUT2D eigenvalue weighted by Gasteiger charge is 2.19. The maximum Gasteiger partial charge on any atom is 0.250 e. The largest absolute Gasteiger partial charge is 0.453 e. The van der Waals surface area contributed by atoms with E-state index in [2.05, 4.69) is 5.16 Å². The van der Waals surface area contributed by atoms with Gasteiger partial charge in [0.05, 0.1) is 0 Å². The quantitative estimate of drug-likeness (QED) is 0.397. The number of carbonyl (C=O) groups excluding carboxylic acids is 1. The maximum atomic E-state index is 12.6. The fraction of sp³-hybridized carbons (Fsp3) is 0. The summed E-state index contributed by atoms with van der Waals surface area (Å²) in [6.07, 6.45) is 0. The zero-order valence-electron chi connectivity index (χ0n) is 13.3. The van der Waals surface area contributed by atoms with Crippen molar-refractivity contribution in [1.82, 2.24) is 5.16 Å². The number of halogens is 2. The zero-order chi connectivity index (χ0) is 18.1. The summed E-state index contributed by atoms with van der Waals surface area (Å²) < 4.78 is 10.9. The molecule has 26 heavy (non-hydrogen) atoms. The summed E-state index contributed by atoms with van der Waals surface area (Å²) in [5.41, 5.74) is 1.70. The van der Waals surface area contributed by atoms with Crippen LogP contribution in [0.15, 0.2) is 75.7 Å². The average Bonchev–Trinajstić information content (AvgIpc) is 3.31. The molecule has 4 aromatic rings. The van der Waals surface area contributed by atoms with E-state index in [9.17, 15) is 4.79 Å². The van der Waals surface area contributed by atoms with Gasteiger partial charge in [-0.15, -0.1) is 0 Å². The summed E-state index contributed by atoms with van der Waals surface area (Å²) in [7, 11) is 0. The van der Waals surface area contributed by atoms with Crippen molar-refractivity contribution in [2.45, 2.75) is 0 Å². The molecular formula is C20H11Cl2NO3. The molecule has 0 aliphatic heterocycles. The number of ketones is 1. The molecule has 0 N–H and O–H groups in total. The van der Waals surface area contributed by atoms with Gasteiger partial charge in [-0.05, 0) is 30.3 Å². The first kappa shape index (κ1) is 16.6. The van der Waals surface area contributed by atoms with Crippen LogP contribution in [-0.4, -0.2) is 10.9 Å². The smallest absolute Gasteiger partial charge is 0.250 e. The number of nitrogens with zero attached hydrogens (tertiary/aromatic N) is 1. The predicted octanol–water partition coefficient (Wildman–Crippen LogP) is 6.14. The maximum absolute atomic E-state index is 12.6. The van der Waals surface area contributed by atoms with E-state index < -0.39 is 0 Å². The Labute approximate surface area is 158 Å². The van der Waals surface area contributed by atoms with E-state index in [-0.39, 0.29) is 17.2 Å². The molecule has 0 saturated heterocycles. The average molecular weight is 384 g/mol. The number of rotatable bonds is 4. The molecule has 6 heteroatoms. The van der Waals surface area contributed by atoms with Crippen molar-refractivity contribution < 1.29 is 13.7 Å². The second kappa shape index (κ2) is 6.83. The van der Waals surface area contributed by atoms with Gasteiger partial charge in [0.25, 0.3) is 0 Å². The molecule has 2 aromatic carbocycles. The number of aromatic nitrogens is 1. The summed E-state index contributed by atoms with van der Waals surface area (Å²) >= 11 is 12.0. The normalized spacial score (nSPS) is 10.8. The van der Waals surface area contributed by atoms with Gasteiger partial charge in [-0.1, -0.05) is 58.7 Å². The van der Waals surface area contributed by atoms with E-state index in [1.54, 1.807) is 36.4 Å². The van der Waals surface area contributed by atoms with Crippen LogP contribution in [0.4, 0.5) is 0 Å². The SMILES string of the molecule is O=C(c1cc(-c2ccccc2)on1)c1ccc(-c2cc(Cl)cc(Cl)c2)o1. The first-order chi connectivity index (χ1) is 12.6. The Hall–Kier alpha value is -2.82. The lowest BCUT2D eigenvalue weighted by Gasteiger charge is -1.99. The van der Waals surface area contributed by atoms with Gasteiger partial charge in [-0.25, -0.2) is 0 Å². The lowest BCUT2D eigenvalue weighted by Crippen LogP contribution is -1.99. The van der Waals surface area contributed by atoms with Gasteiger partial charge in [0, 0.05) is 27.2 Å². The topological polar surface area (TPSA) is 56.2 Å². The standard InChI is InChI=1S/C20H11Cl2NO3/c21-14-8-13(9-15(22)10-14)17-6-7-18(25-17)20(24)16-11-19(26-23-16)12-4-2-1-3-5-12/h1-11H. The summed E-state index contributed by atoms with van der Waals surface area (Å²) in [6.45, 7) is 0. The van der Waals surface area contributed by atoms with Crippen LogP contribution in [-0.2, 0) is 0 Å². The summed E-state index contributed by atoms with van der Waals surface area (Å²) in [5.74, 6) is 0.797. The summed E-state index contributed by atoms with van der Waals surface area (Å²) in [5, 5.41) is 4.83. The van der Waals surface area contributed by atoms with Gasteiger partial charge >= 0.3 is 0 Å². The molecule has 0 aliphatic rings. The highest BCUT2D eigenvalue weighted by molar-refractivity contribution is 6.35. The molecule has 0 amide bonds. The molecule has 0 unspecified atom stereocenters. The van der Waals surface area contributed by atoms with Crippen LogP contribution in [0.1, 0.15) is 16.2 Å². The van der Waals surface area contributed by atoms with Gasteiger partial charge in [-0.3, -0.25) is 4.79 Å². The predicted molar refractivity (Wildman–Crippen MR) is 99.5 cm³/mol. The Kier molecular flexibility index (Phi) is 4.37. The van der Waals surface area contributed by atoms with Crippen molar-refractivity contribution in [3.63, 3.8) is 0 Å². The fourth-order valence-corrected chi connectivity index (χ4v) is 3.08. The van der Waals surface area contributed by atoms with Gasteiger partial charge in [0.1, 0.15) is 5.76 Å². The lowest BCUT2D eigenvalue weighted by molar-refractivity contribution is 0.100. The Morgan fingerprint density at radius 3 is 2.27 bits per heavy atom. The lowest BCUT2D eigenvalue weighted by atomic mass is 10.1. The van der Waals surface area contributed by atoms with Gasteiger partial charge < -0.3 is 8.94 Å². The van der Waals surface area contributed by atoms with Crippen molar-refractivity contribution in [3.05, 3.63) is 88.2 Å². The van der Waals surface area contributed by atoms with E-state index >= 15 is 0 Å². The minimum atomic E-state index is -0.365. The number of hydrogen-bond acceptors (Lipinski definition) is 4. The van der Waals surface area contributed by atoms with Gasteiger partial charge in [-0.2, -0.15) is 0 Å². The van der Waals surface area contributed by atoms with Crippen LogP contribution in [0.25, 0.3) is 22.6 Å². The van der Waals surface area contributed by atoms with Crippen molar-refractivity contribution >= 4 is 29.0 Å². The minimum absolute atomic E-state index is 0.156. The second-order valence-electron chi connectivity index (χ2n) is 5.59. The second-order valence-corrected chi connectivity index (χ2v) is 6.47. The van der Waals surface area contributed by atoms with Crippen molar-refractivity contribution in [2.24, 2.45) is 0 Å². The number of carbonyl (C=O) groups is 1. The van der Waals surface area contributed by atoms with E-state index in [4.69, 9.17) is 32.1 Å². The third-order valence-corrected chi connectivity index (χ3v) is 4.21. The third-order valence-electron chi connectivity index (χ3n) is 3.78. The van der Waals surface area contributed by atoms with E-state index in [1.807, 2.05) is 30.3 Å². The zero-order valence-corrected chi connectivity index (χ0v) is 14.8. The molecule has 4 nitrogen and oxygen atoms in total. The van der Waals surface area contributed by atoms with Crippen LogP contribution < -0.4 is 0 Å². The molecule has 2 heterocycles. The molecule has 2 aromatic heterocycles. The highest BCUT2D eigenvalue weighted by Crippen LogP contribution is 2.29. The van der Waals surface area contributed by atoms with Crippen LogP contribution in [0.2, 0.25) is 10.0 Å². The number of hydrogen-bond donors (Lipinski definition) is 0. The van der Waals surface area contributed by atoms with E-state index in [0.29, 0.717) is 27.1 Å². The Morgan fingerprint density at radius 2 is 1.54 bits per heavy atom. The van der Waals surface area contributed by atoms with Crippen molar-refractivity contribution in [2.75, 3.05) is 0 Å². The summed E-state index contributed by atoms with van der Waals surface area (Å²) in [6, 6.07) is 19.3. The summed E-state index contributed by atoms with van der Waals surface area (Å²) in [4.78, 5) is 12.6. The monoisotopic (exact) mass is 383 g/mol. The number of benzene rings is 2. The van der Waals surface area contributed by atoms with E-state index in [1.165, 1.54) is 0 Å². The molecule has 4 rings (SSSR count). The molecule has 0 atom stereocenters.